The van der Waals surface area contributed by atoms with Crippen molar-refractivity contribution in [3.63, 3.8) is 0 Å². The van der Waals surface area contributed by atoms with Crippen molar-refractivity contribution in [2.45, 2.75) is 19.8 Å². The Kier molecular flexibility index (Phi) is 6.07. The van der Waals surface area contributed by atoms with Crippen molar-refractivity contribution in [3.8, 4) is 0 Å². The number of hydrogen-bond acceptors (Lipinski definition) is 4. The minimum Gasteiger partial charge on any atom is -0.396 e. The van der Waals surface area contributed by atoms with Crippen LogP contribution in [0.3, 0.4) is 0 Å². The van der Waals surface area contributed by atoms with Crippen LogP contribution in [0.1, 0.15) is 19.8 Å². The fourth-order valence-electron chi connectivity index (χ4n) is 1.63. The highest BCUT2D eigenvalue weighted by molar-refractivity contribution is 9.10. The van der Waals surface area contributed by atoms with Gasteiger partial charge in [-0.1, -0.05) is 22.9 Å². The molecule has 1 atom stereocenters. The Balaban J connectivity index is 2.64. The highest BCUT2D eigenvalue weighted by Crippen LogP contribution is 2.28. The van der Waals surface area contributed by atoms with E-state index in [1.165, 1.54) is 6.07 Å². The quantitative estimate of drug-likeness (QED) is 0.598. The summed E-state index contributed by atoms with van der Waals surface area (Å²) in [4.78, 5) is 10.5. The van der Waals surface area contributed by atoms with E-state index in [-0.39, 0.29) is 12.3 Å². The normalized spacial score (nSPS) is 12.2. The molecule has 0 spiro atoms. The SMILES string of the molecule is C[C@H](CCCO)CNc1ccc(Br)cc1[N+](=O)[O-]. The molecule has 5 nitrogen and oxygen atoms in total. The van der Waals surface area contributed by atoms with E-state index in [2.05, 4.69) is 21.2 Å². The number of nitro groups is 1. The number of nitrogens with one attached hydrogen (secondary N) is 1. The minimum atomic E-state index is -0.397. The first-order valence-corrected chi connectivity index (χ1v) is 6.62. The molecule has 0 aliphatic heterocycles. The van der Waals surface area contributed by atoms with Crippen LogP contribution in [0.25, 0.3) is 0 Å². The maximum Gasteiger partial charge on any atom is 0.293 e. The highest BCUT2D eigenvalue weighted by Gasteiger charge is 2.14. The van der Waals surface area contributed by atoms with Crippen LogP contribution in [0, 0.1) is 16.0 Å². The van der Waals surface area contributed by atoms with Gasteiger partial charge in [0, 0.05) is 23.7 Å². The molecule has 1 aromatic carbocycles. The third-order valence-corrected chi connectivity index (χ3v) is 3.15. The lowest BCUT2D eigenvalue weighted by Gasteiger charge is -2.13. The van der Waals surface area contributed by atoms with Crippen LogP contribution in [0.15, 0.2) is 22.7 Å². The molecular formula is C12H17BrN2O3. The third kappa shape index (κ3) is 4.62. The first kappa shape index (κ1) is 14.9. The number of nitro benzene ring substituents is 1. The summed E-state index contributed by atoms with van der Waals surface area (Å²) in [6, 6.07) is 4.95. The molecule has 0 amide bonds. The molecule has 0 saturated carbocycles. The van der Waals surface area contributed by atoms with Gasteiger partial charge in [0.15, 0.2) is 0 Å². The first-order chi connectivity index (χ1) is 8.54. The molecule has 1 aromatic rings. The standard InChI is InChI=1S/C12H17BrN2O3/c1-9(3-2-6-16)8-14-11-5-4-10(13)7-12(11)15(17)18/h4-5,7,9,14,16H,2-3,6,8H2,1H3/t9-/m1/s1. The summed E-state index contributed by atoms with van der Waals surface area (Å²) in [5.74, 6) is 0.361. The molecule has 0 bridgehead atoms. The Labute approximate surface area is 114 Å². The molecule has 2 N–H and O–H groups in total. The number of aliphatic hydroxyl groups is 1. The molecular weight excluding hydrogens is 300 g/mol. The number of rotatable bonds is 7. The molecule has 0 aliphatic carbocycles. The molecule has 0 aliphatic rings. The lowest BCUT2D eigenvalue weighted by atomic mass is 10.1. The lowest BCUT2D eigenvalue weighted by molar-refractivity contribution is -0.384. The van der Waals surface area contributed by atoms with Crippen LogP contribution in [-0.2, 0) is 0 Å². The topological polar surface area (TPSA) is 75.4 Å². The Hall–Kier alpha value is -1.14. The molecule has 1 rings (SSSR count). The molecule has 0 saturated heterocycles. The summed E-state index contributed by atoms with van der Waals surface area (Å²) in [5, 5.41) is 22.7. The summed E-state index contributed by atoms with van der Waals surface area (Å²) in [5.41, 5.74) is 0.595. The molecule has 0 heterocycles. The van der Waals surface area contributed by atoms with Gasteiger partial charge in [-0.25, -0.2) is 0 Å². The second kappa shape index (κ2) is 7.33. The predicted octanol–water partition coefficient (Wildman–Crippen LogP) is 3.18. The zero-order chi connectivity index (χ0) is 13.5. The van der Waals surface area contributed by atoms with Crippen LogP contribution in [0.2, 0.25) is 0 Å². The van der Waals surface area contributed by atoms with Gasteiger partial charge in [0.1, 0.15) is 5.69 Å². The number of nitrogens with zero attached hydrogens (tertiary/aromatic N) is 1. The highest BCUT2D eigenvalue weighted by atomic mass is 79.9. The smallest absolute Gasteiger partial charge is 0.293 e. The molecule has 0 aromatic heterocycles. The summed E-state index contributed by atoms with van der Waals surface area (Å²) >= 11 is 3.22. The van der Waals surface area contributed by atoms with Crippen LogP contribution in [0.5, 0.6) is 0 Å². The Morgan fingerprint density at radius 1 is 1.56 bits per heavy atom. The largest absolute Gasteiger partial charge is 0.396 e. The van der Waals surface area contributed by atoms with Crippen molar-refractivity contribution in [3.05, 3.63) is 32.8 Å². The van der Waals surface area contributed by atoms with Gasteiger partial charge in [0.2, 0.25) is 0 Å². The van der Waals surface area contributed by atoms with Crippen LogP contribution < -0.4 is 5.32 Å². The van der Waals surface area contributed by atoms with E-state index >= 15 is 0 Å². The zero-order valence-electron chi connectivity index (χ0n) is 10.2. The Bertz CT molecular complexity index is 412. The third-order valence-electron chi connectivity index (χ3n) is 2.65. The second-order valence-corrected chi connectivity index (χ2v) is 5.19. The van der Waals surface area contributed by atoms with Gasteiger partial charge < -0.3 is 10.4 Å². The molecule has 0 unspecified atom stereocenters. The Morgan fingerprint density at radius 2 is 2.28 bits per heavy atom. The first-order valence-electron chi connectivity index (χ1n) is 5.83. The fourth-order valence-corrected chi connectivity index (χ4v) is 1.98. The number of aliphatic hydroxyl groups excluding tert-OH is 1. The van der Waals surface area contributed by atoms with Gasteiger partial charge in [-0.2, -0.15) is 0 Å². The van der Waals surface area contributed by atoms with E-state index in [0.717, 1.165) is 12.8 Å². The van der Waals surface area contributed by atoms with Crippen molar-refractivity contribution in [2.75, 3.05) is 18.5 Å². The Morgan fingerprint density at radius 3 is 2.89 bits per heavy atom. The van der Waals surface area contributed by atoms with Crippen LogP contribution >= 0.6 is 15.9 Å². The molecule has 100 valence electrons. The number of anilines is 1. The van der Waals surface area contributed by atoms with Crippen LogP contribution in [0.4, 0.5) is 11.4 Å². The predicted molar refractivity (Wildman–Crippen MR) is 74.8 cm³/mol. The summed E-state index contributed by atoms with van der Waals surface area (Å²) in [6.45, 7) is 2.89. The maximum absolute atomic E-state index is 10.9. The average molecular weight is 317 g/mol. The van der Waals surface area contributed by atoms with E-state index in [1.807, 2.05) is 6.92 Å². The molecule has 0 radical (unpaired) electrons. The fraction of sp³-hybridized carbons (Fsp3) is 0.500. The number of hydrogen-bond donors (Lipinski definition) is 2. The van der Waals surface area contributed by atoms with Crippen molar-refractivity contribution in [2.24, 2.45) is 5.92 Å². The maximum atomic E-state index is 10.9. The zero-order valence-corrected chi connectivity index (χ0v) is 11.8. The van der Waals surface area contributed by atoms with Gasteiger partial charge >= 0.3 is 0 Å². The molecule has 6 heteroatoms. The van der Waals surface area contributed by atoms with Gasteiger partial charge in [-0.15, -0.1) is 0 Å². The second-order valence-electron chi connectivity index (χ2n) is 4.27. The van der Waals surface area contributed by atoms with E-state index in [9.17, 15) is 10.1 Å². The van der Waals surface area contributed by atoms with Gasteiger partial charge in [-0.05, 0) is 30.9 Å². The minimum absolute atomic E-state index is 0.0683. The number of halogens is 1. The van der Waals surface area contributed by atoms with E-state index in [1.54, 1.807) is 12.1 Å². The van der Waals surface area contributed by atoms with Crippen LogP contribution in [-0.4, -0.2) is 23.2 Å². The van der Waals surface area contributed by atoms with E-state index in [0.29, 0.717) is 22.6 Å². The average Bonchev–Trinajstić information content (AvgIpc) is 2.34. The van der Waals surface area contributed by atoms with Gasteiger partial charge in [-0.3, -0.25) is 10.1 Å². The molecule has 18 heavy (non-hydrogen) atoms. The van der Waals surface area contributed by atoms with Crippen molar-refractivity contribution >= 4 is 27.3 Å². The van der Waals surface area contributed by atoms with E-state index < -0.39 is 4.92 Å². The summed E-state index contributed by atoms with van der Waals surface area (Å²) in [7, 11) is 0. The van der Waals surface area contributed by atoms with Crippen molar-refractivity contribution in [1.82, 2.24) is 0 Å². The lowest BCUT2D eigenvalue weighted by Crippen LogP contribution is -2.12. The van der Waals surface area contributed by atoms with E-state index in [4.69, 9.17) is 5.11 Å². The molecule has 0 fully saturated rings. The summed E-state index contributed by atoms with van der Waals surface area (Å²) < 4.78 is 0.688. The number of benzene rings is 1. The monoisotopic (exact) mass is 316 g/mol. The van der Waals surface area contributed by atoms with Gasteiger partial charge in [0.05, 0.1) is 4.92 Å². The summed E-state index contributed by atoms with van der Waals surface area (Å²) in [6.07, 6.45) is 1.65. The van der Waals surface area contributed by atoms with Gasteiger partial charge in [0.25, 0.3) is 5.69 Å². The van der Waals surface area contributed by atoms with Crippen molar-refractivity contribution in [1.29, 1.82) is 0 Å². The van der Waals surface area contributed by atoms with Crippen molar-refractivity contribution < 1.29 is 10.0 Å².